The van der Waals surface area contributed by atoms with Crippen molar-refractivity contribution >= 4 is 11.7 Å². The fraction of sp³-hybridized carbons (Fsp3) is 0.316. The second-order valence-corrected chi connectivity index (χ2v) is 5.73. The van der Waals surface area contributed by atoms with Crippen molar-refractivity contribution in [3.8, 4) is 17.6 Å². The first-order valence-corrected chi connectivity index (χ1v) is 8.27. The van der Waals surface area contributed by atoms with Crippen molar-refractivity contribution in [3.63, 3.8) is 0 Å². The molecule has 1 heterocycles. The molecule has 2 aromatic rings. The molecule has 2 rings (SSSR count). The highest BCUT2D eigenvalue weighted by Gasteiger charge is 2.12. The normalized spacial score (nSPS) is 10.1. The van der Waals surface area contributed by atoms with Gasteiger partial charge in [-0.2, -0.15) is 5.26 Å². The van der Waals surface area contributed by atoms with E-state index in [-0.39, 0.29) is 12.0 Å². The lowest BCUT2D eigenvalue weighted by Gasteiger charge is -2.14. The van der Waals surface area contributed by atoms with Crippen LogP contribution in [0.4, 0.5) is 5.82 Å². The molecular formula is C19H22N4O3. The van der Waals surface area contributed by atoms with Gasteiger partial charge in [0.1, 0.15) is 11.9 Å². The third-order valence-corrected chi connectivity index (χ3v) is 3.42. The summed E-state index contributed by atoms with van der Waals surface area (Å²) in [6, 6.07) is 10.5. The summed E-state index contributed by atoms with van der Waals surface area (Å²) >= 11 is 0. The molecule has 0 aliphatic heterocycles. The lowest BCUT2D eigenvalue weighted by molar-refractivity contribution is 0.0954. The first kappa shape index (κ1) is 19.1. The summed E-state index contributed by atoms with van der Waals surface area (Å²) < 4.78 is 10.9. The van der Waals surface area contributed by atoms with E-state index >= 15 is 0 Å². The Morgan fingerprint density at radius 2 is 2.08 bits per heavy atom. The van der Waals surface area contributed by atoms with Crippen molar-refractivity contribution in [1.82, 2.24) is 10.3 Å². The summed E-state index contributed by atoms with van der Waals surface area (Å²) in [6.45, 7) is 4.68. The number of amides is 1. The van der Waals surface area contributed by atoms with Crippen molar-refractivity contribution in [2.75, 3.05) is 25.5 Å². The third kappa shape index (κ3) is 5.11. The van der Waals surface area contributed by atoms with Gasteiger partial charge in [0.05, 0.1) is 18.8 Å². The second kappa shape index (κ2) is 9.28. The number of carbonyl (C=O) groups is 1. The summed E-state index contributed by atoms with van der Waals surface area (Å²) in [6.07, 6.45) is 1.62. The van der Waals surface area contributed by atoms with Crippen LogP contribution in [0.15, 0.2) is 36.5 Å². The number of ether oxygens (including phenoxy) is 2. The van der Waals surface area contributed by atoms with Gasteiger partial charge in [-0.05, 0) is 44.2 Å². The molecule has 0 aliphatic rings. The van der Waals surface area contributed by atoms with Crippen LogP contribution in [0.3, 0.4) is 0 Å². The number of benzene rings is 1. The number of carbonyl (C=O) groups excluding carboxylic acids is 1. The molecule has 7 heteroatoms. The predicted molar refractivity (Wildman–Crippen MR) is 98.5 cm³/mol. The van der Waals surface area contributed by atoms with Gasteiger partial charge in [-0.25, -0.2) is 4.98 Å². The number of methoxy groups -OCH3 is 1. The van der Waals surface area contributed by atoms with E-state index in [9.17, 15) is 4.79 Å². The number of anilines is 1. The van der Waals surface area contributed by atoms with Crippen LogP contribution in [-0.2, 0) is 0 Å². The van der Waals surface area contributed by atoms with Gasteiger partial charge >= 0.3 is 0 Å². The molecule has 0 aliphatic carbocycles. The van der Waals surface area contributed by atoms with E-state index in [1.807, 2.05) is 13.8 Å². The van der Waals surface area contributed by atoms with Crippen LogP contribution in [0.25, 0.3) is 0 Å². The molecule has 2 N–H and O–H groups in total. The zero-order chi connectivity index (χ0) is 18.9. The topological polar surface area (TPSA) is 96.3 Å². The smallest absolute Gasteiger partial charge is 0.251 e. The van der Waals surface area contributed by atoms with Crippen LogP contribution in [0, 0.1) is 11.3 Å². The fourth-order valence-corrected chi connectivity index (χ4v) is 2.26. The highest BCUT2D eigenvalue weighted by Crippen LogP contribution is 2.28. The Balaban J connectivity index is 1.90. The molecule has 1 amide bonds. The highest BCUT2D eigenvalue weighted by atomic mass is 16.5. The van der Waals surface area contributed by atoms with E-state index in [0.29, 0.717) is 41.5 Å². The van der Waals surface area contributed by atoms with Crippen LogP contribution >= 0.6 is 0 Å². The maximum absolute atomic E-state index is 12.3. The summed E-state index contributed by atoms with van der Waals surface area (Å²) in [5.74, 6) is 1.39. The standard InChI is InChI=1S/C19H22N4O3/c1-13(2)26-16-7-6-14(11-17(16)25-3)19(24)23-10-9-22-18-15(12-20)5-4-8-21-18/h4-8,11,13H,9-10H2,1-3H3,(H,21,22)(H,23,24). The molecule has 0 fully saturated rings. The largest absolute Gasteiger partial charge is 0.493 e. The lowest BCUT2D eigenvalue weighted by Crippen LogP contribution is -2.29. The Labute approximate surface area is 153 Å². The van der Waals surface area contributed by atoms with E-state index in [1.165, 1.54) is 7.11 Å². The molecule has 0 saturated carbocycles. The van der Waals surface area contributed by atoms with Gasteiger partial charge < -0.3 is 20.1 Å². The van der Waals surface area contributed by atoms with Gasteiger partial charge in [-0.15, -0.1) is 0 Å². The van der Waals surface area contributed by atoms with Crippen molar-refractivity contribution in [2.24, 2.45) is 0 Å². The lowest BCUT2D eigenvalue weighted by atomic mass is 10.2. The summed E-state index contributed by atoms with van der Waals surface area (Å²) in [5, 5.41) is 14.9. The maximum Gasteiger partial charge on any atom is 0.251 e. The van der Waals surface area contributed by atoms with E-state index in [4.69, 9.17) is 14.7 Å². The van der Waals surface area contributed by atoms with Crippen LogP contribution in [0.5, 0.6) is 11.5 Å². The van der Waals surface area contributed by atoms with Gasteiger partial charge in [0.15, 0.2) is 11.5 Å². The molecule has 136 valence electrons. The van der Waals surface area contributed by atoms with Gasteiger partial charge in [0, 0.05) is 24.8 Å². The number of nitrogens with zero attached hydrogens (tertiary/aromatic N) is 2. The Kier molecular flexibility index (Phi) is 6.80. The number of nitrogens with one attached hydrogen (secondary N) is 2. The average molecular weight is 354 g/mol. The van der Waals surface area contributed by atoms with E-state index in [0.717, 1.165) is 0 Å². The number of hydrogen-bond donors (Lipinski definition) is 2. The molecule has 0 radical (unpaired) electrons. The van der Waals surface area contributed by atoms with E-state index in [2.05, 4.69) is 21.7 Å². The van der Waals surface area contributed by atoms with E-state index in [1.54, 1.807) is 36.5 Å². The molecule has 1 aromatic heterocycles. The summed E-state index contributed by atoms with van der Waals surface area (Å²) in [5.41, 5.74) is 0.942. The Morgan fingerprint density at radius 3 is 2.77 bits per heavy atom. The van der Waals surface area contributed by atoms with E-state index < -0.39 is 0 Å². The van der Waals surface area contributed by atoms with Gasteiger partial charge in [0.25, 0.3) is 5.91 Å². The second-order valence-electron chi connectivity index (χ2n) is 5.73. The Hall–Kier alpha value is -3.27. The fourth-order valence-electron chi connectivity index (χ4n) is 2.26. The van der Waals surface area contributed by atoms with Crippen molar-refractivity contribution in [3.05, 3.63) is 47.7 Å². The minimum atomic E-state index is -0.220. The molecule has 26 heavy (non-hydrogen) atoms. The summed E-state index contributed by atoms with van der Waals surface area (Å²) in [4.78, 5) is 16.4. The van der Waals surface area contributed by atoms with Gasteiger partial charge in [-0.1, -0.05) is 0 Å². The molecule has 7 nitrogen and oxygen atoms in total. The first-order chi connectivity index (χ1) is 12.5. The zero-order valence-electron chi connectivity index (χ0n) is 15.1. The number of aromatic nitrogens is 1. The monoisotopic (exact) mass is 354 g/mol. The molecule has 0 unspecified atom stereocenters. The van der Waals surface area contributed by atoms with Crippen LogP contribution in [0.1, 0.15) is 29.8 Å². The number of rotatable bonds is 8. The van der Waals surface area contributed by atoms with Gasteiger partial charge in [-0.3, -0.25) is 4.79 Å². The predicted octanol–water partition coefficient (Wildman–Crippen LogP) is 2.59. The quantitative estimate of drug-likeness (QED) is 0.707. The summed E-state index contributed by atoms with van der Waals surface area (Å²) in [7, 11) is 1.54. The molecule has 0 bridgehead atoms. The third-order valence-electron chi connectivity index (χ3n) is 3.42. The molecule has 0 atom stereocenters. The van der Waals surface area contributed by atoms with Gasteiger partial charge in [0.2, 0.25) is 0 Å². The van der Waals surface area contributed by atoms with Crippen molar-refractivity contribution in [2.45, 2.75) is 20.0 Å². The first-order valence-electron chi connectivity index (χ1n) is 8.27. The minimum absolute atomic E-state index is 0.0135. The Morgan fingerprint density at radius 1 is 1.27 bits per heavy atom. The van der Waals surface area contributed by atoms with Crippen molar-refractivity contribution in [1.29, 1.82) is 5.26 Å². The molecule has 1 aromatic carbocycles. The number of nitriles is 1. The Bertz CT molecular complexity index is 800. The van der Waals surface area contributed by atoms with Crippen molar-refractivity contribution < 1.29 is 14.3 Å². The van der Waals surface area contributed by atoms with Crippen LogP contribution in [-0.4, -0.2) is 37.2 Å². The highest BCUT2D eigenvalue weighted by molar-refractivity contribution is 5.94. The molecule has 0 saturated heterocycles. The maximum atomic E-state index is 12.3. The van der Waals surface area contributed by atoms with Crippen LogP contribution < -0.4 is 20.1 Å². The van der Waals surface area contributed by atoms with Crippen LogP contribution in [0.2, 0.25) is 0 Å². The number of pyridine rings is 1. The molecule has 0 spiro atoms. The zero-order valence-corrected chi connectivity index (χ0v) is 15.1. The average Bonchev–Trinajstić information content (AvgIpc) is 2.65. The molecular weight excluding hydrogens is 332 g/mol. The SMILES string of the molecule is COc1cc(C(=O)NCCNc2ncccc2C#N)ccc1OC(C)C. The minimum Gasteiger partial charge on any atom is -0.493 e. The number of hydrogen-bond acceptors (Lipinski definition) is 6.